The molecule has 1 N–H and O–H groups in total. The van der Waals surface area contributed by atoms with Crippen LogP contribution in [-0.2, 0) is 4.79 Å². The Hall–Kier alpha value is -3.25. The van der Waals surface area contributed by atoms with E-state index < -0.39 is 0 Å². The number of anilines is 1. The Morgan fingerprint density at radius 3 is 2.47 bits per heavy atom. The van der Waals surface area contributed by atoms with Gasteiger partial charge in [-0.25, -0.2) is 0 Å². The highest BCUT2D eigenvalue weighted by atomic mass is 35.5. The highest BCUT2D eigenvalue weighted by Crippen LogP contribution is 2.49. The molecule has 2 heterocycles. The van der Waals surface area contributed by atoms with Gasteiger partial charge in [0, 0.05) is 28.6 Å². The van der Waals surface area contributed by atoms with Crippen molar-refractivity contribution in [2.75, 3.05) is 19.5 Å². The van der Waals surface area contributed by atoms with E-state index in [1.54, 1.807) is 14.2 Å². The maximum absolute atomic E-state index is 13.6. The Morgan fingerprint density at radius 1 is 1.03 bits per heavy atom. The number of fused-ring (bicyclic) bond motifs is 1. The van der Waals surface area contributed by atoms with Crippen LogP contribution in [0, 0.1) is 6.92 Å². The van der Waals surface area contributed by atoms with Gasteiger partial charge in [0.05, 0.1) is 25.5 Å². The molecule has 164 valence electrons. The number of hydrogen-bond donors (Lipinski definition) is 1. The molecule has 2 aromatic carbocycles. The second kappa shape index (κ2) is 8.02. The highest BCUT2D eigenvalue weighted by molar-refractivity contribution is 6.30. The fraction of sp³-hybridized carbons (Fsp3) is 0.280. The molecule has 0 saturated carbocycles. The number of aromatic nitrogens is 1. The van der Waals surface area contributed by atoms with Gasteiger partial charge in [-0.1, -0.05) is 35.0 Å². The fourth-order valence-electron chi connectivity index (χ4n) is 4.80. The maximum atomic E-state index is 13.6. The number of methoxy groups -OCH3 is 2. The van der Waals surface area contributed by atoms with Gasteiger partial charge in [0.1, 0.15) is 0 Å². The Bertz CT molecular complexity index is 1230. The van der Waals surface area contributed by atoms with Crippen molar-refractivity contribution in [2.45, 2.75) is 31.6 Å². The van der Waals surface area contributed by atoms with Crippen molar-refractivity contribution in [1.29, 1.82) is 0 Å². The van der Waals surface area contributed by atoms with Crippen molar-refractivity contribution < 1.29 is 18.8 Å². The Morgan fingerprint density at radius 2 is 1.75 bits per heavy atom. The molecule has 0 spiro atoms. The predicted molar refractivity (Wildman–Crippen MR) is 122 cm³/mol. The number of ether oxygens (including phenoxy) is 2. The number of rotatable bonds is 4. The number of aryl methyl sites for hydroxylation is 1. The Labute approximate surface area is 191 Å². The van der Waals surface area contributed by atoms with E-state index in [1.807, 2.05) is 49.4 Å². The number of benzene rings is 2. The monoisotopic (exact) mass is 450 g/mol. The molecule has 5 rings (SSSR count). The van der Waals surface area contributed by atoms with Gasteiger partial charge in [0.15, 0.2) is 17.3 Å². The number of Topliss-reactive ketones (excluding diaryl/α,β-unsaturated/α-hetero) is 1. The van der Waals surface area contributed by atoms with E-state index in [4.69, 9.17) is 25.6 Å². The third-order valence-corrected chi connectivity index (χ3v) is 6.59. The van der Waals surface area contributed by atoms with Crippen molar-refractivity contribution in [2.24, 2.45) is 0 Å². The third-order valence-electron chi connectivity index (χ3n) is 6.34. The van der Waals surface area contributed by atoms with Crippen molar-refractivity contribution in [3.8, 4) is 11.5 Å². The normalized spacial score (nSPS) is 19.8. The van der Waals surface area contributed by atoms with Crippen molar-refractivity contribution in [3.63, 3.8) is 0 Å². The van der Waals surface area contributed by atoms with E-state index in [2.05, 4.69) is 10.5 Å². The zero-order valence-electron chi connectivity index (χ0n) is 18.1. The zero-order valence-corrected chi connectivity index (χ0v) is 18.8. The molecular weight excluding hydrogens is 428 g/mol. The minimum absolute atomic E-state index is 0.0185. The molecule has 1 aromatic heterocycles. The summed E-state index contributed by atoms with van der Waals surface area (Å²) in [6, 6.07) is 13.5. The molecule has 1 aliphatic heterocycles. The standard InChI is InChI=1S/C25H23ClN2O4/c1-13-22-23(14-4-7-17(26)8-5-14)24-18(27-25(22)32-28-13)10-16(11-19(24)29)15-6-9-20(30-2)21(12-15)31-3/h4-9,12,16,23,27H,10-11H2,1-3H3/t16-,23+/m0/s1. The summed E-state index contributed by atoms with van der Waals surface area (Å²) in [5.74, 6) is 1.82. The molecule has 32 heavy (non-hydrogen) atoms. The summed E-state index contributed by atoms with van der Waals surface area (Å²) in [6.07, 6.45) is 1.10. The summed E-state index contributed by atoms with van der Waals surface area (Å²) >= 11 is 6.12. The zero-order chi connectivity index (χ0) is 22.4. The van der Waals surface area contributed by atoms with Crippen LogP contribution < -0.4 is 14.8 Å². The van der Waals surface area contributed by atoms with Crippen LogP contribution >= 0.6 is 11.6 Å². The molecule has 7 heteroatoms. The number of ketones is 1. The van der Waals surface area contributed by atoms with Gasteiger partial charge in [0.2, 0.25) is 5.88 Å². The van der Waals surface area contributed by atoms with Crippen LogP contribution in [-0.4, -0.2) is 25.2 Å². The molecule has 2 atom stereocenters. The molecule has 0 amide bonds. The SMILES string of the molecule is COc1ccc([C@@H]2CC(=O)C3=C(C2)Nc2onc(C)c2[C@H]3c2ccc(Cl)cc2)cc1OC. The predicted octanol–water partition coefficient (Wildman–Crippen LogP) is 5.61. The molecule has 0 saturated heterocycles. The lowest BCUT2D eigenvalue weighted by Gasteiger charge is -2.34. The fourth-order valence-corrected chi connectivity index (χ4v) is 4.93. The summed E-state index contributed by atoms with van der Waals surface area (Å²) in [7, 11) is 3.22. The summed E-state index contributed by atoms with van der Waals surface area (Å²) in [6.45, 7) is 1.90. The summed E-state index contributed by atoms with van der Waals surface area (Å²) in [4.78, 5) is 13.6. The van der Waals surface area contributed by atoms with Gasteiger partial charge in [-0.2, -0.15) is 0 Å². The lowest BCUT2D eigenvalue weighted by atomic mass is 9.72. The van der Waals surface area contributed by atoms with Gasteiger partial charge in [0.25, 0.3) is 0 Å². The number of hydrogen-bond acceptors (Lipinski definition) is 6. The number of carbonyl (C=O) groups is 1. The lowest BCUT2D eigenvalue weighted by molar-refractivity contribution is -0.116. The van der Waals surface area contributed by atoms with Crippen LogP contribution in [0.2, 0.25) is 5.02 Å². The topological polar surface area (TPSA) is 73.6 Å². The van der Waals surface area contributed by atoms with E-state index in [0.717, 1.165) is 33.7 Å². The number of halogens is 1. The van der Waals surface area contributed by atoms with Crippen LogP contribution in [0.4, 0.5) is 5.88 Å². The molecule has 0 radical (unpaired) electrons. The first-order valence-corrected chi connectivity index (χ1v) is 10.8. The Kier molecular flexibility index (Phi) is 5.18. The molecule has 1 aliphatic carbocycles. The average molecular weight is 451 g/mol. The van der Waals surface area contributed by atoms with Gasteiger partial charge >= 0.3 is 0 Å². The van der Waals surface area contributed by atoms with Crippen molar-refractivity contribution in [3.05, 3.63) is 81.1 Å². The van der Waals surface area contributed by atoms with Crippen molar-refractivity contribution in [1.82, 2.24) is 5.16 Å². The molecule has 2 aliphatic rings. The molecular formula is C25H23ClN2O4. The van der Waals surface area contributed by atoms with Crippen LogP contribution in [0.5, 0.6) is 11.5 Å². The highest BCUT2D eigenvalue weighted by Gasteiger charge is 2.41. The Balaban J connectivity index is 1.57. The molecule has 0 unspecified atom stereocenters. The smallest absolute Gasteiger partial charge is 0.233 e. The minimum atomic E-state index is -0.233. The second-order valence-electron chi connectivity index (χ2n) is 8.16. The third kappa shape index (κ3) is 3.35. The van der Waals surface area contributed by atoms with Gasteiger partial charge in [-0.05, 0) is 54.7 Å². The average Bonchev–Trinajstić information content (AvgIpc) is 3.18. The summed E-state index contributed by atoms with van der Waals surface area (Å²) < 4.78 is 16.4. The van der Waals surface area contributed by atoms with E-state index >= 15 is 0 Å². The molecule has 0 bridgehead atoms. The minimum Gasteiger partial charge on any atom is -0.493 e. The quantitative estimate of drug-likeness (QED) is 0.556. The van der Waals surface area contributed by atoms with E-state index in [-0.39, 0.29) is 17.6 Å². The van der Waals surface area contributed by atoms with Crippen LogP contribution in [0.15, 0.2) is 58.3 Å². The second-order valence-corrected chi connectivity index (χ2v) is 8.59. The first kappa shape index (κ1) is 20.6. The first-order valence-electron chi connectivity index (χ1n) is 10.5. The van der Waals surface area contributed by atoms with Crippen molar-refractivity contribution >= 4 is 23.3 Å². The first-order chi connectivity index (χ1) is 15.5. The van der Waals surface area contributed by atoms with E-state index in [9.17, 15) is 4.79 Å². The van der Waals surface area contributed by atoms with E-state index in [1.165, 1.54) is 0 Å². The van der Waals surface area contributed by atoms with Crippen LogP contribution in [0.25, 0.3) is 0 Å². The van der Waals surface area contributed by atoms with Crippen LogP contribution in [0.3, 0.4) is 0 Å². The number of nitrogens with one attached hydrogen (secondary N) is 1. The van der Waals surface area contributed by atoms with Gasteiger partial charge in [-0.15, -0.1) is 0 Å². The van der Waals surface area contributed by atoms with E-state index in [0.29, 0.717) is 35.2 Å². The molecule has 0 fully saturated rings. The molecule has 3 aromatic rings. The summed E-state index contributed by atoms with van der Waals surface area (Å²) in [5.41, 5.74) is 5.37. The van der Waals surface area contributed by atoms with Gasteiger partial charge in [-0.3, -0.25) is 4.79 Å². The van der Waals surface area contributed by atoms with Crippen LogP contribution in [0.1, 0.15) is 47.1 Å². The molecule has 6 nitrogen and oxygen atoms in total. The lowest BCUT2D eigenvalue weighted by Crippen LogP contribution is -2.29. The summed E-state index contributed by atoms with van der Waals surface area (Å²) in [5, 5.41) is 8.18. The largest absolute Gasteiger partial charge is 0.493 e. The maximum Gasteiger partial charge on any atom is 0.233 e. The number of nitrogens with zero attached hydrogens (tertiary/aromatic N) is 1. The van der Waals surface area contributed by atoms with Gasteiger partial charge < -0.3 is 19.3 Å². The number of allylic oxidation sites excluding steroid dienone is 2. The number of carbonyl (C=O) groups excluding carboxylic acids is 1.